The maximum atomic E-state index is 12.9. The number of carbonyl (C=O) groups excluding carboxylic acids is 1. The van der Waals surface area contributed by atoms with Crippen LogP contribution in [0, 0.1) is 6.92 Å². The highest BCUT2D eigenvalue weighted by Crippen LogP contribution is 2.25. The normalized spacial score (nSPS) is 13.7. The first-order valence-corrected chi connectivity index (χ1v) is 8.15. The quantitative estimate of drug-likeness (QED) is 0.908. The van der Waals surface area contributed by atoms with Gasteiger partial charge in [-0.05, 0) is 24.6 Å². The number of hydrogen-bond acceptors (Lipinski definition) is 6. The van der Waals surface area contributed by atoms with Crippen LogP contribution in [-0.2, 0) is 13.2 Å². The van der Waals surface area contributed by atoms with Crippen molar-refractivity contribution in [2.75, 3.05) is 32.1 Å². The van der Waals surface area contributed by atoms with Crippen LogP contribution in [0.3, 0.4) is 0 Å². The number of aliphatic hydroxyl groups is 1. The van der Waals surface area contributed by atoms with Crippen LogP contribution in [-0.4, -0.2) is 53.1 Å². The van der Waals surface area contributed by atoms with Gasteiger partial charge >= 0.3 is 0 Å². The Morgan fingerprint density at radius 2 is 2.20 bits per heavy atom. The van der Waals surface area contributed by atoms with Gasteiger partial charge in [0.2, 0.25) is 5.95 Å². The van der Waals surface area contributed by atoms with Crippen LogP contribution in [0.1, 0.15) is 27.2 Å². The Morgan fingerprint density at radius 1 is 1.40 bits per heavy atom. The summed E-state index contributed by atoms with van der Waals surface area (Å²) in [6.07, 6.45) is 1.58. The maximum Gasteiger partial charge on any atom is 0.257 e. The fourth-order valence-electron chi connectivity index (χ4n) is 2.77. The van der Waals surface area contributed by atoms with E-state index in [4.69, 9.17) is 4.74 Å². The minimum atomic E-state index is -0.117. The molecule has 1 amide bonds. The summed E-state index contributed by atoms with van der Waals surface area (Å²) >= 11 is 0. The van der Waals surface area contributed by atoms with E-state index >= 15 is 0 Å². The summed E-state index contributed by atoms with van der Waals surface area (Å²) in [6, 6.07) is 5.54. The molecule has 2 heterocycles. The molecular formula is C18H22N4O3. The summed E-state index contributed by atoms with van der Waals surface area (Å²) in [5.41, 5.74) is 2.83. The molecular weight excluding hydrogens is 320 g/mol. The summed E-state index contributed by atoms with van der Waals surface area (Å²) in [5.74, 6) is 1.21. The third kappa shape index (κ3) is 3.56. The van der Waals surface area contributed by atoms with Gasteiger partial charge in [-0.25, -0.2) is 9.97 Å². The summed E-state index contributed by atoms with van der Waals surface area (Å²) in [7, 11) is 3.72. The molecule has 2 aromatic rings. The lowest BCUT2D eigenvalue weighted by Crippen LogP contribution is -2.33. The van der Waals surface area contributed by atoms with E-state index < -0.39 is 0 Å². The van der Waals surface area contributed by atoms with E-state index in [0.29, 0.717) is 36.9 Å². The fraction of sp³-hybridized carbons (Fsp3) is 0.389. The molecule has 1 aromatic heterocycles. The zero-order chi connectivity index (χ0) is 18.0. The lowest BCUT2D eigenvalue weighted by Gasteiger charge is -2.21. The third-order valence-electron chi connectivity index (χ3n) is 4.17. The largest absolute Gasteiger partial charge is 0.491 e. The Labute approximate surface area is 146 Å². The molecule has 0 saturated heterocycles. The van der Waals surface area contributed by atoms with Gasteiger partial charge in [0.15, 0.2) is 0 Å². The predicted molar refractivity (Wildman–Crippen MR) is 93.7 cm³/mol. The third-order valence-corrected chi connectivity index (χ3v) is 4.17. The van der Waals surface area contributed by atoms with Crippen molar-refractivity contribution in [2.24, 2.45) is 0 Å². The van der Waals surface area contributed by atoms with Gasteiger partial charge in [0, 0.05) is 32.4 Å². The SMILES string of the molecule is Cc1nc(N(C)C)ncc1C(=O)N1CCOc2ccc(CO)cc2C1. The van der Waals surface area contributed by atoms with Crippen LogP contribution >= 0.6 is 0 Å². The van der Waals surface area contributed by atoms with Crippen molar-refractivity contribution < 1.29 is 14.6 Å². The number of benzene rings is 1. The standard InChI is InChI=1S/C18H22N4O3/c1-12-15(9-19-18(20-12)21(2)3)17(24)22-6-7-25-16-5-4-13(11-23)8-14(16)10-22/h4-5,8-9,23H,6-7,10-11H2,1-3H3. The van der Waals surface area contributed by atoms with Gasteiger partial charge in [-0.3, -0.25) is 4.79 Å². The molecule has 0 saturated carbocycles. The lowest BCUT2D eigenvalue weighted by molar-refractivity contribution is 0.0731. The summed E-state index contributed by atoms with van der Waals surface area (Å²) < 4.78 is 5.73. The van der Waals surface area contributed by atoms with Crippen molar-refractivity contribution >= 4 is 11.9 Å². The van der Waals surface area contributed by atoms with Gasteiger partial charge in [-0.2, -0.15) is 0 Å². The number of aryl methyl sites for hydroxylation is 1. The molecule has 0 spiro atoms. The van der Waals surface area contributed by atoms with Crippen LogP contribution in [0.2, 0.25) is 0 Å². The highest BCUT2D eigenvalue weighted by atomic mass is 16.5. The minimum absolute atomic E-state index is 0.0415. The monoisotopic (exact) mass is 342 g/mol. The zero-order valence-electron chi connectivity index (χ0n) is 14.7. The van der Waals surface area contributed by atoms with Gasteiger partial charge in [0.1, 0.15) is 12.4 Å². The van der Waals surface area contributed by atoms with Crippen molar-refractivity contribution in [2.45, 2.75) is 20.1 Å². The maximum absolute atomic E-state index is 12.9. The first kappa shape index (κ1) is 17.2. The first-order valence-electron chi connectivity index (χ1n) is 8.15. The molecule has 0 aliphatic carbocycles. The van der Waals surface area contributed by atoms with Gasteiger partial charge in [-0.15, -0.1) is 0 Å². The molecule has 132 valence electrons. The van der Waals surface area contributed by atoms with E-state index in [1.165, 1.54) is 0 Å². The molecule has 7 heteroatoms. The van der Waals surface area contributed by atoms with Crippen LogP contribution in [0.25, 0.3) is 0 Å². The average Bonchev–Trinajstić information content (AvgIpc) is 2.82. The number of carbonyl (C=O) groups is 1. The topological polar surface area (TPSA) is 78.8 Å². The van der Waals surface area contributed by atoms with Gasteiger partial charge in [0.25, 0.3) is 5.91 Å². The van der Waals surface area contributed by atoms with Gasteiger partial charge < -0.3 is 19.6 Å². The van der Waals surface area contributed by atoms with Crippen molar-refractivity contribution in [3.05, 3.63) is 46.8 Å². The summed E-state index contributed by atoms with van der Waals surface area (Å²) in [5, 5.41) is 9.33. The number of anilines is 1. The molecule has 1 aliphatic rings. The van der Waals surface area contributed by atoms with E-state index in [9.17, 15) is 9.90 Å². The molecule has 1 aliphatic heterocycles. The number of rotatable bonds is 3. The molecule has 1 aromatic carbocycles. The smallest absolute Gasteiger partial charge is 0.257 e. The molecule has 25 heavy (non-hydrogen) atoms. The Morgan fingerprint density at radius 3 is 2.88 bits per heavy atom. The summed E-state index contributed by atoms with van der Waals surface area (Å²) in [4.78, 5) is 25.1. The highest BCUT2D eigenvalue weighted by molar-refractivity contribution is 5.95. The molecule has 0 bridgehead atoms. The van der Waals surface area contributed by atoms with E-state index in [1.807, 2.05) is 39.2 Å². The number of ether oxygens (including phenoxy) is 1. The predicted octanol–water partition coefficient (Wildman–Crippen LogP) is 1.38. The van der Waals surface area contributed by atoms with Crippen molar-refractivity contribution in [1.29, 1.82) is 0 Å². The number of fused-ring (bicyclic) bond motifs is 1. The van der Waals surface area contributed by atoms with Gasteiger partial charge in [-0.1, -0.05) is 6.07 Å². The first-order chi connectivity index (χ1) is 12.0. The number of nitrogens with zero attached hydrogens (tertiary/aromatic N) is 4. The molecule has 0 fully saturated rings. The second-order valence-corrected chi connectivity index (χ2v) is 6.24. The van der Waals surface area contributed by atoms with Gasteiger partial charge in [0.05, 0.1) is 24.4 Å². The van der Waals surface area contributed by atoms with Crippen LogP contribution in [0.5, 0.6) is 5.75 Å². The number of hydrogen-bond donors (Lipinski definition) is 1. The molecule has 3 rings (SSSR count). The number of aliphatic hydroxyl groups excluding tert-OH is 1. The van der Waals surface area contributed by atoms with Crippen molar-refractivity contribution in [3.63, 3.8) is 0 Å². The Balaban J connectivity index is 1.87. The van der Waals surface area contributed by atoms with E-state index in [0.717, 1.165) is 16.9 Å². The second kappa shape index (κ2) is 7.06. The lowest BCUT2D eigenvalue weighted by atomic mass is 10.1. The minimum Gasteiger partial charge on any atom is -0.491 e. The Bertz CT molecular complexity index is 792. The van der Waals surface area contributed by atoms with Crippen molar-refractivity contribution in [1.82, 2.24) is 14.9 Å². The van der Waals surface area contributed by atoms with E-state index in [1.54, 1.807) is 16.0 Å². The number of aromatic nitrogens is 2. The molecule has 0 atom stereocenters. The van der Waals surface area contributed by atoms with E-state index in [2.05, 4.69) is 9.97 Å². The molecule has 0 radical (unpaired) electrons. The van der Waals surface area contributed by atoms with Crippen molar-refractivity contribution in [3.8, 4) is 5.75 Å². The number of amides is 1. The molecule has 0 unspecified atom stereocenters. The van der Waals surface area contributed by atoms with Crippen LogP contribution in [0.4, 0.5) is 5.95 Å². The fourth-order valence-corrected chi connectivity index (χ4v) is 2.77. The molecule has 7 nitrogen and oxygen atoms in total. The zero-order valence-corrected chi connectivity index (χ0v) is 14.7. The Hall–Kier alpha value is -2.67. The Kier molecular flexibility index (Phi) is 4.85. The van der Waals surface area contributed by atoms with E-state index in [-0.39, 0.29) is 12.5 Å². The molecule has 1 N–H and O–H groups in total. The summed E-state index contributed by atoms with van der Waals surface area (Å²) in [6.45, 7) is 3.11. The average molecular weight is 342 g/mol. The van der Waals surface area contributed by atoms with Crippen LogP contribution < -0.4 is 9.64 Å². The highest BCUT2D eigenvalue weighted by Gasteiger charge is 2.23. The van der Waals surface area contributed by atoms with Crippen LogP contribution in [0.15, 0.2) is 24.4 Å². The second-order valence-electron chi connectivity index (χ2n) is 6.24.